The van der Waals surface area contributed by atoms with E-state index in [-0.39, 0.29) is 23.2 Å². The normalized spacial score (nSPS) is 49.4. The molecule has 0 amide bonds. The van der Waals surface area contributed by atoms with E-state index in [4.69, 9.17) is 4.74 Å². The SMILES string of the molecule is CC(C)[C@@H](C)CC[C@H]1CO[C@@H](O)C[C@]2(C)[C@@H]1CC[C@@H]2[C@@H]1C[C@H](O)[C@H]2C[C@@H](O)CC[C@]2(C)C1=O. The second-order valence-corrected chi connectivity index (χ2v) is 13.1. The Hall–Kier alpha value is -0.490. The van der Waals surface area contributed by atoms with Gasteiger partial charge in [-0.3, -0.25) is 4.79 Å². The van der Waals surface area contributed by atoms with Gasteiger partial charge < -0.3 is 20.1 Å². The minimum Gasteiger partial charge on any atom is -0.393 e. The van der Waals surface area contributed by atoms with Crippen LogP contribution in [0.25, 0.3) is 0 Å². The number of hydrogen-bond acceptors (Lipinski definition) is 5. The van der Waals surface area contributed by atoms with Gasteiger partial charge in [-0.25, -0.2) is 0 Å². The molecule has 5 nitrogen and oxygen atoms in total. The zero-order valence-electron chi connectivity index (χ0n) is 21.5. The van der Waals surface area contributed by atoms with Gasteiger partial charge in [-0.2, -0.15) is 0 Å². The molecule has 11 atom stereocenters. The predicted octanol–water partition coefficient (Wildman–Crippen LogP) is 4.56. The second kappa shape index (κ2) is 9.52. The molecule has 33 heavy (non-hydrogen) atoms. The highest BCUT2D eigenvalue weighted by Crippen LogP contribution is 2.62. The fraction of sp³-hybridized carbons (Fsp3) is 0.964. The molecule has 0 aromatic rings. The number of ketones is 1. The lowest BCUT2D eigenvalue weighted by Crippen LogP contribution is -2.56. The van der Waals surface area contributed by atoms with Crippen molar-refractivity contribution in [2.45, 2.75) is 111 Å². The smallest absolute Gasteiger partial charge is 0.155 e. The van der Waals surface area contributed by atoms with Crippen LogP contribution in [0.2, 0.25) is 0 Å². The maximum absolute atomic E-state index is 14.0. The fourth-order valence-corrected chi connectivity index (χ4v) is 8.42. The van der Waals surface area contributed by atoms with Crippen LogP contribution in [0.15, 0.2) is 0 Å². The molecule has 0 aromatic heterocycles. The Balaban J connectivity index is 1.57. The third kappa shape index (κ3) is 4.57. The minimum absolute atomic E-state index is 0.136. The van der Waals surface area contributed by atoms with E-state index in [1.807, 2.05) is 6.92 Å². The number of ether oxygens (including phenoxy) is 1. The van der Waals surface area contributed by atoms with E-state index in [0.29, 0.717) is 68.2 Å². The van der Waals surface area contributed by atoms with Gasteiger partial charge in [0.2, 0.25) is 0 Å². The van der Waals surface area contributed by atoms with Crippen molar-refractivity contribution in [3.8, 4) is 0 Å². The first-order valence-corrected chi connectivity index (χ1v) is 13.7. The van der Waals surface area contributed by atoms with Gasteiger partial charge >= 0.3 is 0 Å². The van der Waals surface area contributed by atoms with E-state index in [0.717, 1.165) is 19.3 Å². The van der Waals surface area contributed by atoms with Gasteiger partial charge in [-0.05, 0) is 85.9 Å². The number of aliphatic hydroxyl groups is 3. The highest BCUT2D eigenvalue weighted by molar-refractivity contribution is 5.88. The molecule has 1 aliphatic heterocycles. The van der Waals surface area contributed by atoms with E-state index >= 15 is 0 Å². The molecular formula is C28H48O5. The third-order valence-corrected chi connectivity index (χ3v) is 11.0. The second-order valence-electron chi connectivity index (χ2n) is 13.1. The lowest BCUT2D eigenvalue weighted by Gasteiger charge is -2.53. The molecule has 4 fully saturated rings. The van der Waals surface area contributed by atoms with Crippen molar-refractivity contribution in [1.82, 2.24) is 0 Å². The van der Waals surface area contributed by atoms with Crippen molar-refractivity contribution in [3.05, 3.63) is 0 Å². The first-order chi connectivity index (χ1) is 15.5. The molecule has 0 radical (unpaired) electrons. The van der Waals surface area contributed by atoms with Crippen LogP contribution in [0, 0.1) is 52.3 Å². The zero-order chi connectivity index (χ0) is 24.1. The maximum atomic E-state index is 14.0. The first-order valence-electron chi connectivity index (χ1n) is 13.7. The van der Waals surface area contributed by atoms with Crippen molar-refractivity contribution in [3.63, 3.8) is 0 Å². The summed E-state index contributed by atoms with van der Waals surface area (Å²) in [5.74, 6) is 2.37. The van der Waals surface area contributed by atoms with Crippen molar-refractivity contribution >= 4 is 5.78 Å². The molecule has 4 aliphatic rings. The molecule has 0 unspecified atom stereocenters. The summed E-state index contributed by atoms with van der Waals surface area (Å²) in [5, 5.41) is 32.0. The lowest BCUT2D eigenvalue weighted by atomic mass is 9.51. The van der Waals surface area contributed by atoms with Crippen molar-refractivity contribution < 1.29 is 24.9 Å². The quantitative estimate of drug-likeness (QED) is 0.555. The van der Waals surface area contributed by atoms with Crippen LogP contribution < -0.4 is 0 Å². The minimum atomic E-state index is -0.776. The standard InChI is InChI=1S/C28H48O5/c1-16(2)17(3)6-7-18-15-33-25(31)14-28(5)21(18)8-9-22(28)20-13-24(30)23-12-19(29)10-11-27(23,4)26(20)32/h16-25,29-31H,6-15H2,1-5H3/t17-,18-,19-,20-,21+,22+,23+,24-,25+,27-,28+/m0/s1. The lowest BCUT2D eigenvalue weighted by molar-refractivity contribution is -0.163. The molecule has 3 aliphatic carbocycles. The Morgan fingerprint density at radius 1 is 1.00 bits per heavy atom. The van der Waals surface area contributed by atoms with Crippen molar-refractivity contribution in [2.75, 3.05) is 6.61 Å². The Bertz CT molecular complexity index is 708. The number of hydrogen-bond donors (Lipinski definition) is 3. The number of carbonyl (C=O) groups excluding carboxylic acids is 1. The number of carbonyl (C=O) groups is 1. The van der Waals surface area contributed by atoms with Gasteiger partial charge in [-0.1, -0.05) is 41.0 Å². The predicted molar refractivity (Wildman–Crippen MR) is 128 cm³/mol. The molecule has 4 rings (SSSR count). The average molecular weight is 465 g/mol. The van der Waals surface area contributed by atoms with E-state index in [1.54, 1.807) is 0 Å². The fourth-order valence-electron chi connectivity index (χ4n) is 8.42. The van der Waals surface area contributed by atoms with Gasteiger partial charge in [0.25, 0.3) is 0 Å². The highest BCUT2D eigenvalue weighted by Gasteiger charge is 2.61. The molecule has 0 spiro atoms. The summed E-state index contributed by atoms with van der Waals surface area (Å²) in [4.78, 5) is 14.0. The summed E-state index contributed by atoms with van der Waals surface area (Å²) in [6.07, 6.45) is 5.56. The zero-order valence-corrected chi connectivity index (χ0v) is 21.5. The molecule has 1 heterocycles. The number of rotatable bonds is 5. The Morgan fingerprint density at radius 2 is 1.70 bits per heavy atom. The summed E-state index contributed by atoms with van der Waals surface area (Å²) in [6, 6.07) is 0. The summed E-state index contributed by atoms with van der Waals surface area (Å²) >= 11 is 0. The van der Waals surface area contributed by atoms with Crippen LogP contribution in [0.1, 0.15) is 92.4 Å². The van der Waals surface area contributed by atoms with Crippen LogP contribution >= 0.6 is 0 Å². The molecule has 190 valence electrons. The van der Waals surface area contributed by atoms with Crippen LogP contribution in [0.3, 0.4) is 0 Å². The first kappa shape index (κ1) is 25.6. The largest absolute Gasteiger partial charge is 0.393 e. The summed E-state index contributed by atoms with van der Waals surface area (Å²) in [5.41, 5.74) is -0.693. The van der Waals surface area contributed by atoms with Crippen LogP contribution in [-0.4, -0.2) is 46.2 Å². The molecule has 3 saturated carbocycles. The van der Waals surface area contributed by atoms with Crippen LogP contribution in [-0.2, 0) is 9.53 Å². The Labute approximate surface area is 200 Å². The van der Waals surface area contributed by atoms with Gasteiger partial charge in [0.1, 0.15) is 5.78 Å². The van der Waals surface area contributed by atoms with Gasteiger partial charge in [0, 0.05) is 17.8 Å². The monoisotopic (exact) mass is 464 g/mol. The number of aliphatic hydroxyl groups excluding tert-OH is 3. The highest BCUT2D eigenvalue weighted by atomic mass is 16.6. The molecule has 5 heteroatoms. The topological polar surface area (TPSA) is 87.0 Å². The van der Waals surface area contributed by atoms with Crippen molar-refractivity contribution in [2.24, 2.45) is 52.3 Å². The van der Waals surface area contributed by atoms with Crippen LogP contribution in [0.5, 0.6) is 0 Å². The Morgan fingerprint density at radius 3 is 2.39 bits per heavy atom. The summed E-state index contributed by atoms with van der Waals surface area (Å²) < 4.78 is 5.90. The molecule has 0 bridgehead atoms. The third-order valence-electron chi connectivity index (χ3n) is 11.0. The van der Waals surface area contributed by atoms with Crippen LogP contribution in [0.4, 0.5) is 0 Å². The van der Waals surface area contributed by atoms with E-state index < -0.39 is 23.9 Å². The summed E-state index contributed by atoms with van der Waals surface area (Å²) in [6.45, 7) is 11.8. The molecular weight excluding hydrogens is 416 g/mol. The van der Waals surface area contributed by atoms with Crippen molar-refractivity contribution in [1.29, 1.82) is 0 Å². The maximum Gasteiger partial charge on any atom is 0.155 e. The summed E-state index contributed by atoms with van der Waals surface area (Å²) in [7, 11) is 0. The van der Waals surface area contributed by atoms with E-state index in [1.165, 1.54) is 6.42 Å². The number of fused-ring (bicyclic) bond motifs is 2. The van der Waals surface area contributed by atoms with E-state index in [9.17, 15) is 20.1 Å². The van der Waals surface area contributed by atoms with Gasteiger partial charge in [0.15, 0.2) is 6.29 Å². The van der Waals surface area contributed by atoms with Gasteiger partial charge in [0.05, 0.1) is 18.8 Å². The van der Waals surface area contributed by atoms with E-state index in [2.05, 4.69) is 27.7 Å². The molecule has 3 N–H and O–H groups in total. The number of Topliss-reactive ketones (excluding diaryl/α,β-unsaturated/α-hetero) is 1. The molecule has 0 aromatic carbocycles. The average Bonchev–Trinajstić information content (AvgIpc) is 3.01. The Kier molecular flexibility index (Phi) is 7.38. The molecule has 1 saturated heterocycles. The van der Waals surface area contributed by atoms with Gasteiger partial charge in [-0.15, -0.1) is 0 Å².